The average Bonchev–Trinajstić information content (AvgIpc) is 2.81. The molecular formula is C10H17N3O3. The van der Waals surface area contributed by atoms with E-state index in [4.69, 9.17) is 4.74 Å². The van der Waals surface area contributed by atoms with Gasteiger partial charge in [-0.2, -0.15) is 4.98 Å². The number of methoxy groups -OCH3 is 1. The Morgan fingerprint density at radius 3 is 3.06 bits per heavy atom. The van der Waals surface area contributed by atoms with E-state index in [1.165, 1.54) is 13.5 Å². The molecule has 0 amide bonds. The fraction of sp³-hybridized carbons (Fsp3) is 0.700. The summed E-state index contributed by atoms with van der Waals surface area (Å²) < 4.78 is 9.31. The molecule has 0 aromatic carbocycles. The Kier molecular flexibility index (Phi) is 5.49. The minimum absolute atomic E-state index is 0.253. The molecule has 1 heterocycles. The maximum Gasteiger partial charge on any atom is 0.322 e. The number of nitrogens with zero attached hydrogens (tertiary/aromatic N) is 2. The van der Waals surface area contributed by atoms with E-state index in [2.05, 4.69) is 26.9 Å². The Hall–Kier alpha value is -1.43. The van der Waals surface area contributed by atoms with E-state index in [1.54, 1.807) is 0 Å². The minimum atomic E-state index is -0.302. The molecule has 0 bridgehead atoms. The Morgan fingerprint density at radius 2 is 2.50 bits per heavy atom. The molecule has 0 saturated carbocycles. The van der Waals surface area contributed by atoms with Crippen molar-refractivity contribution in [3.05, 3.63) is 12.2 Å². The largest absolute Gasteiger partial charge is 0.468 e. The highest BCUT2D eigenvalue weighted by molar-refractivity contribution is 5.75. The van der Waals surface area contributed by atoms with Crippen LogP contribution in [0.15, 0.2) is 10.9 Å². The lowest BCUT2D eigenvalue weighted by Gasteiger charge is -2.14. The van der Waals surface area contributed by atoms with Crippen molar-refractivity contribution in [3.8, 4) is 0 Å². The first kappa shape index (κ1) is 12.6. The molecule has 1 N–H and O–H groups in total. The number of esters is 1. The van der Waals surface area contributed by atoms with Gasteiger partial charge in [-0.15, -0.1) is 0 Å². The summed E-state index contributed by atoms with van der Waals surface area (Å²) in [5.41, 5.74) is 0. The van der Waals surface area contributed by atoms with Crippen molar-refractivity contribution < 1.29 is 14.1 Å². The van der Waals surface area contributed by atoms with Crippen LogP contribution in [0.25, 0.3) is 0 Å². The van der Waals surface area contributed by atoms with Gasteiger partial charge in [0.05, 0.1) is 13.7 Å². The SMILES string of the molecule is CCCCC(NCc1ncon1)C(=O)OC. The predicted octanol–water partition coefficient (Wildman–Crippen LogP) is 0.891. The van der Waals surface area contributed by atoms with Crippen LogP contribution in [0.4, 0.5) is 0 Å². The fourth-order valence-corrected chi connectivity index (χ4v) is 1.34. The maximum atomic E-state index is 11.4. The van der Waals surface area contributed by atoms with Crippen LogP contribution in [-0.4, -0.2) is 29.3 Å². The summed E-state index contributed by atoms with van der Waals surface area (Å²) in [6.45, 7) is 2.48. The topological polar surface area (TPSA) is 77.3 Å². The molecule has 0 aliphatic heterocycles. The molecule has 1 unspecified atom stereocenters. The second-order valence-electron chi connectivity index (χ2n) is 3.45. The van der Waals surface area contributed by atoms with Crippen molar-refractivity contribution in [2.45, 2.75) is 38.8 Å². The molecular weight excluding hydrogens is 210 g/mol. The van der Waals surface area contributed by atoms with Gasteiger partial charge in [-0.1, -0.05) is 24.9 Å². The van der Waals surface area contributed by atoms with Gasteiger partial charge in [0.1, 0.15) is 6.04 Å². The van der Waals surface area contributed by atoms with Gasteiger partial charge in [0.2, 0.25) is 6.39 Å². The molecule has 16 heavy (non-hydrogen) atoms. The van der Waals surface area contributed by atoms with Gasteiger partial charge in [-0.05, 0) is 6.42 Å². The number of nitrogens with one attached hydrogen (secondary N) is 1. The maximum absolute atomic E-state index is 11.4. The smallest absolute Gasteiger partial charge is 0.322 e. The van der Waals surface area contributed by atoms with E-state index in [9.17, 15) is 4.79 Å². The first-order valence-electron chi connectivity index (χ1n) is 5.34. The second kappa shape index (κ2) is 6.95. The molecule has 1 rings (SSSR count). The molecule has 1 aromatic heterocycles. The molecule has 0 saturated heterocycles. The third kappa shape index (κ3) is 3.98. The van der Waals surface area contributed by atoms with Gasteiger partial charge >= 0.3 is 5.97 Å². The summed E-state index contributed by atoms with van der Waals surface area (Å²) in [4.78, 5) is 15.3. The third-order valence-corrected chi connectivity index (χ3v) is 2.25. The molecule has 90 valence electrons. The van der Waals surface area contributed by atoms with Gasteiger partial charge in [0.25, 0.3) is 0 Å². The zero-order valence-electron chi connectivity index (χ0n) is 9.60. The van der Waals surface area contributed by atoms with E-state index in [0.29, 0.717) is 12.4 Å². The van der Waals surface area contributed by atoms with Crippen LogP contribution in [0.5, 0.6) is 0 Å². The van der Waals surface area contributed by atoms with Gasteiger partial charge < -0.3 is 9.26 Å². The van der Waals surface area contributed by atoms with Crippen LogP contribution >= 0.6 is 0 Å². The standard InChI is InChI=1S/C10H17N3O3/c1-3-4-5-8(10(14)15-2)11-6-9-12-7-16-13-9/h7-8,11H,3-6H2,1-2H3. The lowest BCUT2D eigenvalue weighted by molar-refractivity contribution is -0.143. The van der Waals surface area contributed by atoms with Crippen LogP contribution in [-0.2, 0) is 16.1 Å². The molecule has 0 radical (unpaired) electrons. The first-order chi connectivity index (χ1) is 7.77. The van der Waals surface area contributed by atoms with Crippen LogP contribution in [0, 0.1) is 0 Å². The van der Waals surface area contributed by atoms with Crippen molar-refractivity contribution in [1.82, 2.24) is 15.5 Å². The van der Waals surface area contributed by atoms with Gasteiger partial charge in [0, 0.05) is 0 Å². The average molecular weight is 227 g/mol. The van der Waals surface area contributed by atoms with Gasteiger partial charge in [0.15, 0.2) is 5.82 Å². The van der Waals surface area contributed by atoms with E-state index >= 15 is 0 Å². The third-order valence-electron chi connectivity index (χ3n) is 2.25. The molecule has 0 spiro atoms. The molecule has 1 aromatic rings. The van der Waals surface area contributed by atoms with E-state index in [-0.39, 0.29) is 12.0 Å². The van der Waals surface area contributed by atoms with Gasteiger partial charge in [-0.25, -0.2) is 0 Å². The summed E-state index contributed by atoms with van der Waals surface area (Å²) in [5, 5.41) is 6.70. The Labute approximate surface area is 94.4 Å². The highest BCUT2D eigenvalue weighted by atomic mass is 16.5. The lowest BCUT2D eigenvalue weighted by Crippen LogP contribution is -2.37. The first-order valence-corrected chi connectivity index (χ1v) is 5.34. The van der Waals surface area contributed by atoms with Crippen LogP contribution in [0.3, 0.4) is 0 Å². The van der Waals surface area contributed by atoms with Crippen molar-refractivity contribution in [2.75, 3.05) is 7.11 Å². The highest BCUT2D eigenvalue weighted by Gasteiger charge is 2.18. The molecule has 6 nitrogen and oxygen atoms in total. The monoisotopic (exact) mass is 227 g/mol. The minimum Gasteiger partial charge on any atom is -0.468 e. The van der Waals surface area contributed by atoms with Crippen LogP contribution < -0.4 is 5.32 Å². The molecule has 0 aliphatic rings. The molecule has 0 aliphatic carbocycles. The van der Waals surface area contributed by atoms with Crippen molar-refractivity contribution in [2.24, 2.45) is 0 Å². The van der Waals surface area contributed by atoms with Gasteiger partial charge in [-0.3, -0.25) is 10.1 Å². The number of hydrogen-bond acceptors (Lipinski definition) is 6. The number of hydrogen-bond donors (Lipinski definition) is 1. The van der Waals surface area contributed by atoms with E-state index in [1.807, 2.05) is 0 Å². The summed E-state index contributed by atoms with van der Waals surface area (Å²) in [7, 11) is 1.39. The van der Waals surface area contributed by atoms with Crippen LogP contribution in [0.1, 0.15) is 32.0 Å². The number of rotatable bonds is 7. The number of carbonyl (C=O) groups excluding carboxylic acids is 1. The number of aromatic nitrogens is 2. The second-order valence-corrected chi connectivity index (χ2v) is 3.45. The zero-order chi connectivity index (χ0) is 11.8. The molecule has 6 heteroatoms. The normalized spacial score (nSPS) is 12.4. The van der Waals surface area contributed by atoms with E-state index in [0.717, 1.165) is 19.3 Å². The molecule has 0 fully saturated rings. The fourth-order valence-electron chi connectivity index (χ4n) is 1.34. The van der Waals surface area contributed by atoms with Crippen molar-refractivity contribution in [3.63, 3.8) is 0 Å². The van der Waals surface area contributed by atoms with Crippen LogP contribution in [0.2, 0.25) is 0 Å². The Morgan fingerprint density at radius 1 is 1.69 bits per heavy atom. The Bertz CT molecular complexity index is 300. The summed E-state index contributed by atoms with van der Waals surface area (Å²) in [6, 6.07) is -0.302. The number of ether oxygens (including phenoxy) is 1. The highest BCUT2D eigenvalue weighted by Crippen LogP contribution is 2.03. The number of unbranched alkanes of at least 4 members (excludes halogenated alkanes) is 1. The summed E-state index contributed by atoms with van der Waals surface area (Å²) in [6.07, 6.45) is 4.02. The summed E-state index contributed by atoms with van der Waals surface area (Å²) in [5.74, 6) is 0.280. The van der Waals surface area contributed by atoms with Crippen molar-refractivity contribution >= 4 is 5.97 Å². The Balaban J connectivity index is 2.40. The van der Waals surface area contributed by atoms with Crippen molar-refractivity contribution in [1.29, 1.82) is 0 Å². The molecule has 1 atom stereocenters. The summed E-state index contributed by atoms with van der Waals surface area (Å²) >= 11 is 0. The predicted molar refractivity (Wildman–Crippen MR) is 56.5 cm³/mol. The lowest BCUT2D eigenvalue weighted by atomic mass is 10.1. The quantitative estimate of drug-likeness (QED) is 0.697. The number of carbonyl (C=O) groups is 1. The zero-order valence-corrected chi connectivity index (χ0v) is 9.60. The van der Waals surface area contributed by atoms with E-state index < -0.39 is 0 Å².